The van der Waals surface area contributed by atoms with Gasteiger partial charge in [-0.15, -0.1) is 5.10 Å². The lowest BCUT2D eigenvalue weighted by Gasteiger charge is -2.24. The average Bonchev–Trinajstić information content (AvgIpc) is 3.16. The van der Waals surface area contributed by atoms with Crippen LogP contribution in [0.1, 0.15) is 17.0 Å². The van der Waals surface area contributed by atoms with E-state index < -0.39 is 15.8 Å². The van der Waals surface area contributed by atoms with Gasteiger partial charge in [-0.1, -0.05) is 24.3 Å². The second kappa shape index (κ2) is 7.02. The molecule has 30 heavy (non-hydrogen) atoms. The van der Waals surface area contributed by atoms with Gasteiger partial charge in [0, 0.05) is 29.8 Å². The summed E-state index contributed by atoms with van der Waals surface area (Å²) in [7, 11) is 0. The van der Waals surface area contributed by atoms with Gasteiger partial charge in [0.1, 0.15) is 11.6 Å². The van der Waals surface area contributed by atoms with Crippen molar-refractivity contribution in [3.8, 4) is 23.2 Å². The van der Waals surface area contributed by atoms with Gasteiger partial charge in [-0.3, -0.25) is 25.3 Å². The van der Waals surface area contributed by atoms with Gasteiger partial charge in [-0.25, -0.2) is 0 Å². The summed E-state index contributed by atoms with van der Waals surface area (Å²) in [6, 6.07) is 13.6. The zero-order valence-corrected chi connectivity index (χ0v) is 15.1. The number of non-ortho nitro benzene ring substituents is 2. The van der Waals surface area contributed by atoms with Crippen molar-refractivity contribution in [2.45, 2.75) is 5.92 Å². The maximum absolute atomic E-state index is 11.2. The number of nitro groups is 2. The predicted octanol–water partition coefficient (Wildman–Crippen LogP) is 3.11. The summed E-state index contributed by atoms with van der Waals surface area (Å²) in [4.78, 5) is 21.1. The Morgan fingerprint density at radius 3 is 2.43 bits per heavy atom. The summed E-state index contributed by atoms with van der Waals surface area (Å²) in [5.41, 5.74) is 7.67. The van der Waals surface area contributed by atoms with Crippen molar-refractivity contribution in [3.63, 3.8) is 0 Å². The molecule has 0 radical (unpaired) electrons. The second-order valence-corrected chi connectivity index (χ2v) is 6.40. The Balaban J connectivity index is 1.91. The topological polar surface area (TPSA) is 174 Å². The van der Waals surface area contributed by atoms with Crippen molar-refractivity contribution >= 4 is 11.4 Å². The minimum Gasteiger partial charge on any atom is -0.420 e. The zero-order valence-electron chi connectivity index (χ0n) is 15.1. The van der Waals surface area contributed by atoms with E-state index in [1.165, 1.54) is 42.5 Å². The molecule has 2 aromatic carbocycles. The maximum atomic E-state index is 11.2. The fourth-order valence-electron chi connectivity index (χ4n) is 3.36. The third-order valence-corrected chi connectivity index (χ3v) is 4.72. The van der Waals surface area contributed by atoms with Crippen molar-refractivity contribution in [1.29, 1.82) is 5.26 Å². The number of nitrogens with zero attached hydrogens (tertiary/aromatic N) is 4. The van der Waals surface area contributed by atoms with E-state index in [4.69, 9.17) is 10.5 Å². The molecule has 3 aromatic rings. The molecule has 0 fully saturated rings. The quantitative estimate of drug-likeness (QED) is 0.492. The van der Waals surface area contributed by atoms with Crippen LogP contribution in [-0.4, -0.2) is 20.0 Å². The molecule has 0 unspecified atom stereocenters. The number of aromatic amines is 1. The molecular formula is C19H12N6O5. The van der Waals surface area contributed by atoms with Crippen molar-refractivity contribution in [2.75, 3.05) is 0 Å². The molecule has 2 heterocycles. The summed E-state index contributed by atoms with van der Waals surface area (Å²) in [6.45, 7) is 0. The van der Waals surface area contributed by atoms with Gasteiger partial charge < -0.3 is 10.5 Å². The van der Waals surface area contributed by atoms with Crippen LogP contribution < -0.4 is 10.5 Å². The number of fused-ring (bicyclic) bond motifs is 1. The molecule has 1 aliphatic rings. The minimum atomic E-state index is -0.729. The van der Waals surface area contributed by atoms with E-state index in [0.29, 0.717) is 22.4 Å². The van der Waals surface area contributed by atoms with E-state index in [9.17, 15) is 25.5 Å². The van der Waals surface area contributed by atoms with Crippen LogP contribution in [0.5, 0.6) is 5.88 Å². The normalized spacial score (nSPS) is 15.1. The van der Waals surface area contributed by atoms with Gasteiger partial charge in [0.2, 0.25) is 11.8 Å². The first-order valence-electron chi connectivity index (χ1n) is 8.55. The Kier molecular flexibility index (Phi) is 4.36. The van der Waals surface area contributed by atoms with Gasteiger partial charge in [0.05, 0.1) is 27.0 Å². The number of hydrogen-bond donors (Lipinski definition) is 2. The molecule has 0 saturated carbocycles. The lowest BCUT2D eigenvalue weighted by molar-refractivity contribution is -0.385. The third kappa shape index (κ3) is 2.98. The number of nitrogens with two attached hydrogens (primary N) is 1. The SMILES string of the molecule is N#CC1=C(N)Oc2n[nH]c(-c3cccc([N+](=O)[O-])c3)c2[C@@H]1c1ccc([N+](=O)[O-])cc1. The lowest BCUT2D eigenvalue weighted by atomic mass is 9.83. The number of rotatable bonds is 4. The molecule has 0 amide bonds. The van der Waals surface area contributed by atoms with Crippen LogP contribution >= 0.6 is 0 Å². The van der Waals surface area contributed by atoms with Crippen molar-refractivity contribution in [3.05, 3.63) is 91.3 Å². The van der Waals surface area contributed by atoms with Crippen LogP contribution in [0.15, 0.2) is 60.0 Å². The van der Waals surface area contributed by atoms with E-state index in [1.54, 1.807) is 6.07 Å². The number of benzene rings is 2. The Morgan fingerprint density at radius 1 is 1.10 bits per heavy atom. The lowest BCUT2D eigenvalue weighted by Crippen LogP contribution is -2.21. The standard InChI is InChI=1S/C19H12N6O5/c20-9-14-15(10-4-6-12(7-5-10)24(26)27)16-17(22-23-19(16)30-18(14)21)11-2-1-3-13(8-11)25(28)29/h1-8,15H,21H2,(H,22,23)/t15-/m1/s1. The molecular weight excluding hydrogens is 392 g/mol. The summed E-state index contributed by atoms with van der Waals surface area (Å²) in [6.07, 6.45) is 0. The van der Waals surface area contributed by atoms with Gasteiger partial charge >= 0.3 is 0 Å². The number of nitrogens with one attached hydrogen (secondary N) is 1. The molecule has 0 aliphatic carbocycles. The largest absolute Gasteiger partial charge is 0.420 e. The molecule has 4 rings (SSSR count). The van der Waals surface area contributed by atoms with Crippen LogP contribution in [0.3, 0.4) is 0 Å². The van der Waals surface area contributed by atoms with E-state index >= 15 is 0 Å². The van der Waals surface area contributed by atoms with Crippen LogP contribution in [0.25, 0.3) is 11.3 Å². The fraction of sp³-hybridized carbons (Fsp3) is 0.0526. The smallest absolute Gasteiger partial charge is 0.270 e. The molecule has 0 saturated heterocycles. The fourth-order valence-corrected chi connectivity index (χ4v) is 3.36. The number of ether oxygens (including phenoxy) is 1. The Morgan fingerprint density at radius 2 is 1.80 bits per heavy atom. The Labute approximate surface area is 168 Å². The maximum Gasteiger partial charge on any atom is 0.270 e. The van der Waals surface area contributed by atoms with E-state index in [0.717, 1.165) is 0 Å². The highest BCUT2D eigenvalue weighted by Crippen LogP contribution is 2.46. The van der Waals surface area contributed by atoms with Crippen molar-refractivity contribution in [1.82, 2.24) is 10.2 Å². The van der Waals surface area contributed by atoms with E-state index in [-0.39, 0.29) is 28.7 Å². The van der Waals surface area contributed by atoms with E-state index in [2.05, 4.69) is 10.2 Å². The van der Waals surface area contributed by atoms with Gasteiger partial charge in [0.25, 0.3) is 11.4 Å². The number of allylic oxidation sites excluding steroid dienone is 1. The van der Waals surface area contributed by atoms with Crippen LogP contribution in [0.4, 0.5) is 11.4 Å². The predicted molar refractivity (Wildman–Crippen MR) is 103 cm³/mol. The molecule has 3 N–H and O–H groups in total. The Hall–Kier alpha value is -4.72. The summed E-state index contributed by atoms with van der Waals surface area (Å²) < 4.78 is 5.48. The summed E-state index contributed by atoms with van der Waals surface area (Å²) >= 11 is 0. The summed E-state index contributed by atoms with van der Waals surface area (Å²) in [5, 5.41) is 38.7. The zero-order chi connectivity index (χ0) is 21.4. The molecule has 11 nitrogen and oxygen atoms in total. The number of aromatic nitrogens is 2. The number of nitro benzene ring substituents is 2. The number of nitriles is 1. The number of H-pyrrole nitrogens is 1. The second-order valence-electron chi connectivity index (χ2n) is 6.40. The highest BCUT2D eigenvalue weighted by atomic mass is 16.6. The minimum absolute atomic E-state index is 0.101. The average molecular weight is 404 g/mol. The number of hydrogen-bond acceptors (Lipinski definition) is 8. The third-order valence-electron chi connectivity index (χ3n) is 4.72. The van der Waals surface area contributed by atoms with Gasteiger partial charge in [-0.2, -0.15) is 5.26 Å². The highest BCUT2D eigenvalue weighted by Gasteiger charge is 2.36. The molecule has 0 bridgehead atoms. The van der Waals surface area contributed by atoms with E-state index in [1.807, 2.05) is 6.07 Å². The molecule has 148 valence electrons. The molecule has 1 atom stereocenters. The van der Waals surface area contributed by atoms with Crippen LogP contribution in [0.2, 0.25) is 0 Å². The monoisotopic (exact) mass is 404 g/mol. The van der Waals surface area contributed by atoms with Crippen molar-refractivity contribution < 1.29 is 14.6 Å². The van der Waals surface area contributed by atoms with Gasteiger partial charge in [0.15, 0.2) is 0 Å². The van der Waals surface area contributed by atoms with Crippen LogP contribution in [0, 0.1) is 31.6 Å². The van der Waals surface area contributed by atoms with Crippen molar-refractivity contribution in [2.24, 2.45) is 5.73 Å². The van der Waals surface area contributed by atoms with Crippen LogP contribution in [-0.2, 0) is 0 Å². The highest BCUT2D eigenvalue weighted by molar-refractivity contribution is 5.72. The molecule has 0 spiro atoms. The molecule has 11 heteroatoms. The summed E-state index contributed by atoms with van der Waals surface area (Å²) in [5.74, 6) is -0.741. The molecule has 1 aromatic heterocycles. The first-order valence-corrected chi connectivity index (χ1v) is 8.55. The first-order chi connectivity index (χ1) is 14.4. The first kappa shape index (κ1) is 18.6. The Bertz CT molecular complexity index is 1260. The van der Waals surface area contributed by atoms with Gasteiger partial charge in [-0.05, 0) is 5.56 Å². The molecule has 1 aliphatic heterocycles.